The zero-order chi connectivity index (χ0) is 4.28. The Hall–Kier alpha value is -0.530. The average molecular weight is 72.1 g/mol. The van der Waals surface area contributed by atoms with E-state index in [2.05, 4.69) is 0 Å². The minimum atomic E-state index is 1.32. The monoisotopic (exact) mass is 72.0 g/mol. The molecule has 1 amide bonds. The number of carbonyl (C=O) groups excluding carboxylic acids is 1. The maximum absolute atomic E-state index is 9.31. The number of rotatable bonds is 1. The minimum absolute atomic E-state index is 1.32. The summed E-state index contributed by atoms with van der Waals surface area (Å²) in [6.45, 7) is 0. The fraction of sp³-hybridized carbons (Fsp3) is 0.667. The Morgan fingerprint density at radius 1 is 1.60 bits per heavy atom. The normalized spacial score (nSPS) is 6.80. The molecule has 0 heterocycles. The van der Waals surface area contributed by atoms with Crippen LogP contribution in [0.15, 0.2) is 0 Å². The maximum Gasteiger partial charge on any atom is -0.0243 e. The largest absolute Gasteiger partial charge is 0.522 e. The molecule has 0 aliphatic heterocycles. The molecule has 0 aromatic heterocycles. The van der Waals surface area contributed by atoms with E-state index in [0.29, 0.717) is 0 Å². The Morgan fingerprint density at radius 3 is 1.80 bits per heavy atom. The average Bonchev–Trinajstić information content (AvgIpc) is 1.38. The lowest BCUT2D eigenvalue weighted by atomic mass is 11.0. The molecule has 0 unspecified atom stereocenters. The first-order valence-electron chi connectivity index (χ1n) is 1.32. The Balaban J connectivity index is 2.83. The summed E-state index contributed by atoms with van der Waals surface area (Å²) in [7, 11) is 3.26. The summed E-state index contributed by atoms with van der Waals surface area (Å²) >= 11 is 0. The number of nitrogens with zero attached hydrogens (tertiary/aromatic N) is 1. The van der Waals surface area contributed by atoms with Gasteiger partial charge in [-0.2, -0.15) is 6.41 Å². The van der Waals surface area contributed by atoms with Crippen LogP contribution in [0.5, 0.6) is 0 Å². The first-order valence-corrected chi connectivity index (χ1v) is 1.32. The van der Waals surface area contributed by atoms with Crippen molar-refractivity contribution < 1.29 is 4.79 Å². The van der Waals surface area contributed by atoms with Gasteiger partial charge in [0.15, 0.2) is 0 Å². The van der Waals surface area contributed by atoms with Crippen LogP contribution in [0.25, 0.3) is 0 Å². The Labute approximate surface area is 31.4 Å². The van der Waals surface area contributed by atoms with Gasteiger partial charge < -0.3 is 9.69 Å². The van der Waals surface area contributed by atoms with Crippen molar-refractivity contribution in [1.29, 1.82) is 0 Å². The lowest BCUT2D eigenvalue weighted by Gasteiger charge is -2.10. The first-order chi connectivity index (χ1) is 2.27. The highest BCUT2D eigenvalue weighted by atomic mass is 16.1. The van der Waals surface area contributed by atoms with Crippen molar-refractivity contribution in [3.05, 3.63) is 0 Å². The molecular weight excluding hydrogens is 66.0 g/mol. The van der Waals surface area contributed by atoms with Crippen LogP contribution in [-0.2, 0) is 4.79 Å². The van der Waals surface area contributed by atoms with Crippen LogP contribution in [0.4, 0.5) is 0 Å². The van der Waals surface area contributed by atoms with E-state index in [4.69, 9.17) is 0 Å². The van der Waals surface area contributed by atoms with E-state index < -0.39 is 0 Å². The third kappa shape index (κ3) is 3.47. The van der Waals surface area contributed by atoms with Crippen LogP contribution in [0, 0.1) is 0 Å². The van der Waals surface area contributed by atoms with Gasteiger partial charge in [-0.15, -0.1) is 0 Å². The molecular formula is C3H6NO-. The molecule has 0 rings (SSSR count). The molecule has 2 heteroatoms. The molecule has 0 aromatic carbocycles. The van der Waals surface area contributed by atoms with Gasteiger partial charge in [0, 0.05) is 0 Å². The molecule has 0 saturated carbocycles. The van der Waals surface area contributed by atoms with Crippen molar-refractivity contribution in [1.82, 2.24) is 4.90 Å². The highest BCUT2D eigenvalue weighted by molar-refractivity contribution is 5.46. The van der Waals surface area contributed by atoms with Crippen molar-refractivity contribution in [2.75, 3.05) is 14.1 Å². The molecule has 5 heavy (non-hydrogen) atoms. The number of hydrogen-bond acceptors (Lipinski definition) is 1. The van der Waals surface area contributed by atoms with E-state index in [1.165, 1.54) is 4.90 Å². The topological polar surface area (TPSA) is 20.3 Å². The molecule has 0 atom stereocenters. The van der Waals surface area contributed by atoms with Crippen molar-refractivity contribution >= 4 is 6.41 Å². The molecule has 0 spiro atoms. The summed E-state index contributed by atoms with van der Waals surface area (Å²) in [6.07, 6.45) is 1.61. The van der Waals surface area contributed by atoms with Gasteiger partial charge in [0.2, 0.25) is 0 Å². The van der Waals surface area contributed by atoms with Crippen LogP contribution >= 0.6 is 0 Å². The fourth-order valence-corrected chi connectivity index (χ4v) is 0. The molecule has 0 aliphatic carbocycles. The van der Waals surface area contributed by atoms with Crippen LogP contribution in [0.3, 0.4) is 0 Å². The molecule has 0 bridgehead atoms. The summed E-state index contributed by atoms with van der Waals surface area (Å²) in [5.74, 6) is 0. The van der Waals surface area contributed by atoms with Crippen molar-refractivity contribution in [3.63, 3.8) is 0 Å². The molecule has 0 aromatic rings. The Kier molecular flexibility index (Phi) is 1.57. The van der Waals surface area contributed by atoms with Gasteiger partial charge in [-0.3, -0.25) is 0 Å². The van der Waals surface area contributed by atoms with Gasteiger partial charge in [-0.05, 0) is 14.1 Å². The van der Waals surface area contributed by atoms with E-state index in [1.807, 2.05) is 0 Å². The van der Waals surface area contributed by atoms with Crippen LogP contribution in [0.2, 0.25) is 0 Å². The predicted molar refractivity (Wildman–Crippen MR) is 19.4 cm³/mol. The molecule has 0 aliphatic rings. The highest BCUT2D eigenvalue weighted by Gasteiger charge is 1.50. The van der Waals surface area contributed by atoms with Gasteiger partial charge in [-0.25, -0.2) is 0 Å². The van der Waals surface area contributed by atoms with Crippen molar-refractivity contribution in [2.45, 2.75) is 0 Å². The van der Waals surface area contributed by atoms with Gasteiger partial charge in [-0.1, -0.05) is 0 Å². The zero-order valence-electron chi connectivity index (χ0n) is 3.36. The smallest absolute Gasteiger partial charge is 0.0243 e. The number of amides is 1. The zero-order valence-corrected chi connectivity index (χ0v) is 3.36. The molecule has 0 radical (unpaired) electrons. The van der Waals surface area contributed by atoms with E-state index in [1.54, 1.807) is 20.5 Å². The second kappa shape index (κ2) is 1.76. The standard InChI is InChI=1S/C3H6NO/c1-4(2)3-5/h1-2H3/q-1. The maximum atomic E-state index is 9.31. The van der Waals surface area contributed by atoms with Gasteiger partial charge in [0.1, 0.15) is 0 Å². The fourth-order valence-electron chi connectivity index (χ4n) is 0. The van der Waals surface area contributed by atoms with Crippen molar-refractivity contribution in [2.24, 2.45) is 0 Å². The Bertz CT molecular complexity index is 33.9. The van der Waals surface area contributed by atoms with Crippen LogP contribution in [-0.4, -0.2) is 25.4 Å². The van der Waals surface area contributed by atoms with Gasteiger partial charge in [0.25, 0.3) is 0 Å². The van der Waals surface area contributed by atoms with E-state index in [9.17, 15) is 4.79 Å². The predicted octanol–water partition coefficient (Wildman–Crippen LogP) is -0.385. The van der Waals surface area contributed by atoms with E-state index in [-0.39, 0.29) is 0 Å². The lowest BCUT2D eigenvalue weighted by Crippen LogP contribution is -2.06. The third-order valence-corrected chi connectivity index (χ3v) is 0.183. The summed E-state index contributed by atoms with van der Waals surface area (Å²) < 4.78 is 0. The van der Waals surface area contributed by atoms with Gasteiger partial charge >= 0.3 is 0 Å². The van der Waals surface area contributed by atoms with Crippen molar-refractivity contribution in [3.8, 4) is 0 Å². The minimum Gasteiger partial charge on any atom is -0.522 e. The SMILES string of the molecule is CN(C)[C-]=O. The van der Waals surface area contributed by atoms with Gasteiger partial charge in [0.05, 0.1) is 0 Å². The first kappa shape index (κ1) is 4.47. The summed E-state index contributed by atoms with van der Waals surface area (Å²) in [4.78, 5) is 10.6. The number of hydrogen-bond donors (Lipinski definition) is 0. The molecule has 30 valence electrons. The van der Waals surface area contributed by atoms with E-state index in [0.717, 1.165) is 0 Å². The summed E-state index contributed by atoms with van der Waals surface area (Å²) in [5.41, 5.74) is 0. The Morgan fingerprint density at radius 2 is 1.80 bits per heavy atom. The third-order valence-electron chi connectivity index (χ3n) is 0.183. The molecule has 0 saturated heterocycles. The summed E-state index contributed by atoms with van der Waals surface area (Å²) in [6, 6.07) is 0. The highest BCUT2D eigenvalue weighted by Crippen LogP contribution is 1.52. The quantitative estimate of drug-likeness (QED) is 0.305. The second-order valence-corrected chi connectivity index (χ2v) is 0.986. The molecule has 0 N–H and O–H groups in total. The van der Waals surface area contributed by atoms with Crippen LogP contribution < -0.4 is 0 Å². The second-order valence-electron chi connectivity index (χ2n) is 0.986. The molecule has 2 nitrogen and oxygen atoms in total. The lowest BCUT2D eigenvalue weighted by molar-refractivity contribution is 0.481. The van der Waals surface area contributed by atoms with E-state index >= 15 is 0 Å². The summed E-state index contributed by atoms with van der Waals surface area (Å²) in [5, 5.41) is 0. The molecule has 0 fully saturated rings. The van der Waals surface area contributed by atoms with Crippen LogP contribution in [0.1, 0.15) is 0 Å².